The Bertz CT molecular complexity index is 862. The van der Waals surface area contributed by atoms with E-state index in [2.05, 4.69) is 16.0 Å². The van der Waals surface area contributed by atoms with Crippen LogP contribution in [0.3, 0.4) is 0 Å². The molecule has 0 aliphatic heterocycles. The van der Waals surface area contributed by atoms with Gasteiger partial charge in [0.1, 0.15) is 18.1 Å². The van der Waals surface area contributed by atoms with Crippen molar-refractivity contribution in [2.75, 3.05) is 6.61 Å². The molecule has 0 radical (unpaired) electrons. The maximum Gasteiger partial charge on any atom is 0.328 e. The summed E-state index contributed by atoms with van der Waals surface area (Å²) in [5.74, 6) is -5.17. The van der Waals surface area contributed by atoms with E-state index < -0.39 is 66.9 Å². The highest BCUT2D eigenvalue weighted by atomic mass is 16.4. The Kier molecular flexibility index (Phi) is 11.7. The summed E-state index contributed by atoms with van der Waals surface area (Å²) in [4.78, 5) is 60.1. The summed E-state index contributed by atoms with van der Waals surface area (Å²) in [5.41, 5.74) is 6.25. The lowest BCUT2D eigenvalue weighted by atomic mass is 10.0. The van der Waals surface area contributed by atoms with Gasteiger partial charge in [0.05, 0.1) is 19.1 Å². The second-order valence-electron chi connectivity index (χ2n) is 8.23. The van der Waals surface area contributed by atoms with Gasteiger partial charge < -0.3 is 37.0 Å². The van der Waals surface area contributed by atoms with Crippen LogP contribution in [-0.4, -0.2) is 75.8 Å². The fourth-order valence-electron chi connectivity index (χ4n) is 3.05. The van der Waals surface area contributed by atoms with Crippen molar-refractivity contribution in [2.45, 2.75) is 57.3 Å². The van der Waals surface area contributed by atoms with E-state index in [-0.39, 0.29) is 18.8 Å². The molecule has 34 heavy (non-hydrogen) atoms. The number of aliphatic carboxylic acids is 2. The first-order chi connectivity index (χ1) is 15.9. The van der Waals surface area contributed by atoms with Crippen LogP contribution in [0.5, 0.6) is 0 Å². The third-order valence-corrected chi connectivity index (χ3v) is 4.78. The summed E-state index contributed by atoms with van der Waals surface area (Å²) >= 11 is 0. The van der Waals surface area contributed by atoms with Gasteiger partial charge in [-0.25, -0.2) is 4.79 Å². The summed E-state index contributed by atoms with van der Waals surface area (Å²) < 4.78 is 0. The van der Waals surface area contributed by atoms with E-state index in [0.29, 0.717) is 5.56 Å². The van der Waals surface area contributed by atoms with Crippen molar-refractivity contribution in [1.29, 1.82) is 0 Å². The van der Waals surface area contributed by atoms with E-state index in [1.165, 1.54) is 0 Å². The highest BCUT2D eigenvalue weighted by Crippen LogP contribution is 2.09. The Hall–Kier alpha value is -3.51. The fraction of sp³-hybridized carbons (Fsp3) is 0.500. The number of carbonyl (C=O) groups excluding carboxylic acids is 3. The summed E-state index contributed by atoms with van der Waals surface area (Å²) in [6.45, 7) is 2.76. The van der Waals surface area contributed by atoms with Crippen LogP contribution in [0.4, 0.5) is 0 Å². The Morgan fingerprint density at radius 1 is 0.853 bits per heavy atom. The van der Waals surface area contributed by atoms with Crippen LogP contribution in [0, 0.1) is 5.92 Å². The van der Waals surface area contributed by atoms with Crippen LogP contribution in [0.2, 0.25) is 0 Å². The minimum absolute atomic E-state index is 0.0110. The zero-order chi connectivity index (χ0) is 25.8. The van der Waals surface area contributed by atoms with Crippen molar-refractivity contribution in [3.8, 4) is 0 Å². The number of benzene rings is 1. The van der Waals surface area contributed by atoms with Crippen molar-refractivity contribution < 1.29 is 39.3 Å². The quantitative estimate of drug-likeness (QED) is 0.167. The molecule has 0 saturated carbocycles. The maximum absolute atomic E-state index is 13.0. The lowest BCUT2D eigenvalue weighted by molar-refractivity contribution is -0.143. The molecule has 4 atom stereocenters. The van der Waals surface area contributed by atoms with Crippen molar-refractivity contribution in [3.05, 3.63) is 35.9 Å². The minimum atomic E-state index is -1.57. The van der Waals surface area contributed by atoms with Crippen molar-refractivity contribution in [1.82, 2.24) is 16.0 Å². The lowest BCUT2D eigenvalue weighted by Crippen LogP contribution is -2.58. The number of nitrogens with one attached hydrogen (secondary N) is 3. The number of carboxylic acid groups (broad SMARTS) is 2. The Morgan fingerprint density at radius 2 is 1.38 bits per heavy atom. The monoisotopic (exact) mass is 480 g/mol. The third kappa shape index (κ3) is 9.96. The first kappa shape index (κ1) is 28.5. The lowest BCUT2D eigenvalue weighted by Gasteiger charge is -2.26. The van der Waals surface area contributed by atoms with Crippen molar-refractivity contribution in [3.63, 3.8) is 0 Å². The molecular weight excluding hydrogens is 448 g/mol. The van der Waals surface area contributed by atoms with E-state index in [1.54, 1.807) is 44.2 Å². The number of carbonyl (C=O) groups is 5. The highest BCUT2D eigenvalue weighted by molar-refractivity contribution is 5.94. The van der Waals surface area contributed by atoms with Gasteiger partial charge in [0.15, 0.2) is 0 Å². The largest absolute Gasteiger partial charge is 0.481 e. The van der Waals surface area contributed by atoms with Crippen LogP contribution < -0.4 is 21.7 Å². The van der Waals surface area contributed by atoms with E-state index in [4.69, 9.17) is 15.9 Å². The first-order valence-corrected chi connectivity index (χ1v) is 10.7. The number of hydrogen-bond acceptors (Lipinski definition) is 7. The van der Waals surface area contributed by atoms with Gasteiger partial charge in [0.2, 0.25) is 17.7 Å². The molecule has 4 unspecified atom stereocenters. The average molecular weight is 481 g/mol. The zero-order valence-electron chi connectivity index (χ0n) is 19.1. The van der Waals surface area contributed by atoms with Gasteiger partial charge in [0.25, 0.3) is 0 Å². The molecule has 8 N–H and O–H groups in total. The Morgan fingerprint density at radius 3 is 1.88 bits per heavy atom. The van der Waals surface area contributed by atoms with Gasteiger partial charge in [-0.3, -0.25) is 19.2 Å². The molecule has 0 bridgehead atoms. The first-order valence-electron chi connectivity index (χ1n) is 10.7. The average Bonchev–Trinajstić information content (AvgIpc) is 2.75. The Labute approximate surface area is 196 Å². The normalized spacial score (nSPS) is 14.4. The summed E-state index contributed by atoms with van der Waals surface area (Å²) in [5, 5.41) is 34.3. The Balaban J connectivity index is 3.08. The molecule has 1 aromatic carbocycles. The number of amides is 3. The second-order valence-corrected chi connectivity index (χ2v) is 8.23. The molecule has 0 aliphatic rings. The molecule has 1 rings (SSSR count). The number of aliphatic hydroxyl groups is 1. The maximum atomic E-state index is 13.0. The summed E-state index contributed by atoms with van der Waals surface area (Å²) in [6.07, 6.45) is -0.443. The second kappa shape index (κ2) is 13.9. The number of rotatable bonds is 14. The highest BCUT2D eigenvalue weighted by Gasteiger charge is 2.31. The fourth-order valence-corrected chi connectivity index (χ4v) is 3.05. The van der Waals surface area contributed by atoms with Gasteiger partial charge in [-0.15, -0.1) is 0 Å². The van der Waals surface area contributed by atoms with Crippen LogP contribution in [-0.2, 0) is 30.4 Å². The topological polar surface area (TPSA) is 208 Å². The van der Waals surface area contributed by atoms with Gasteiger partial charge in [-0.1, -0.05) is 44.2 Å². The molecule has 0 saturated heterocycles. The molecule has 12 nitrogen and oxygen atoms in total. The molecule has 0 spiro atoms. The third-order valence-electron chi connectivity index (χ3n) is 4.78. The molecule has 1 aromatic rings. The summed E-state index contributed by atoms with van der Waals surface area (Å²) in [7, 11) is 0. The van der Waals surface area contributed by atoms with Crippen LogP contribution in [0.15, 0.2) is 30.3 Å². The molecule has 3 amide bonds. The zero-order valence-corrected chi connectivity index (χ0v) is 19.1. The summed E-state index contributed by atoms with van der Waals surface area (Å²) in [6, 6.07) is 3.37. The SMILES string of the molecule is CC(C)CC(NC(=O)C(N)CC(=O)O)C(=O)NC(Cc1ccccc1)C(=O)NC(CO)C(=O)O. The molecule has 0 aliphatic carbocycles. The molecular formula is C22H32N4O8. The van der Waals surface area contributed by atoms with Crippen LogP contribution in [0.1, 0.15) is 32.3 Å². The number of nitrogens with two attached hydrogens (primary N) is 1. The van der Waals surface area contributed by atoms with E-state index >= 15 is 0 Å². The van der Waals surface area contributed by atoms with E-state index in [1.807, 2.05) is 0 Å². The number of hydrogen-bond donors (Lipinski definition) is 7. The van der Waals surface area contributed by atoms with Gasteiger partial charge in [-0.05, 0) is 17.9 Å². The van der Waals surface area contributed by atoms with Crippen LogP contribution >= 0.6 is 0 Å². The van der Waals surface area contributed by atoms with E-state index in [9.17, 15) is 29.1 Å². The molecule has 0 heterocycles. The van der Waals surface area contributed by atoms with Gasteiger partial charge >= 0.3 is 11.9 Å². The van der Waals surface area contributed by atoms with Gasteiger partial charge in [0, 0.05) is 6.42 Å². The number of carboxylic acids is 2. The van der Waals surface area contributed by atoms with Gasteiger partial charge in [-0.2, -0.15) is 0 Å². The molecule has 0 fully saturated rings. The predicted octanol–water partition coefficient (Wildman–Crippen LogP) is -1.39. The van der Waals surface area contributed by atoms with Crippen molar-refractivity contribution >= 4 is 29.7 Å². The van der Waals surface area contributed by atoms with Crippen molar-refractivity contribution in [2.24, 2.45) is 11.7 Å². The molecule has 12 heteroatoms. The van der Waals surface area contributed by atoms with Crippen LogP contribution in [0.25, 0.3) is 0 Å². The smallest absolute Gasteiger partial charge is 0.328 e. The standard InChI is InChI=1S/C22H32N4O8/c1-12(2)8-15(24-19(30)14(23)10-18(28)29)20(31)25-16(9-13-6-4-3-5-7-13)21(32)26-17(11-27)22(33)34/h3-7,12,14-17,27H,8-11,23H2,1-2H3,(H,24,30)(H,25,31)(H,26,32)(H,28,29)(H,33,34). The van der Waals surface area contributed by atoms with E-state index in [0.717, 1.165) is 0 Å². The molecule has 188 valence electrons. The number of aliphatic hydroxyl groups excluding tert-OH is 1. The predicted molar refractivity (Wildman–Crippen MR) is 120 cm³/mol. The minimum Gasteiger partial charge on any atom is -0.481 e. The molecule has 0 aromatic heterocycles.